The highest BCUT2D eigenvalue weighted by Gasteiger charge is 2.17. The van der Waals surface area contributed by atoms with Gasteiger partial charge in [0.05, 0.1) is 18.2 Å². The number of ether oxygens (including phenoxy) is 1. The fourth-order valence-electron chi connectivity index (χ4n) is 1.10. The van der Waals surface area contributed by atoms with Crippen molar-refractivity contribution in [2.75, 3.05) is 7.11 Å². The summed E-state index contributed by atoms with van der Waals surface area (Å²) >= 11 is 0. The number of carboxylic acid groups (broad SMARTS) is 1. The van der Waals surface area contributed by atoms with E-state index in [1.807, 2.05) is 0 Å². The molecule has 0 spiro atoms. The topological polar surface area (TPSA) is 80.7 Å². The molecular formula is C10H8O5. The zero-order valence-electron chi connectivity index (χ0n) is 7.89. The number of aromatic carboxylic acids is 1. The number of hydrogen-bond donors (Lipinski definition) is 1. The van der Waals surface area contributed by atoms with E-state index in [-0.39, 0.29) is 16.7 Å². The minimum absolute atomic E-state index is 0.0735. The van der Waals surface area contributed by atoms with Crippen molar-refractivity contribution in [1.29, 1.82) is 0 Å². The van der Waals surface area contributed by atoms with Crippen LogP contribution in [-0.4, -0.2) is 30.4 Å². The minimum atomic E-state index is -1.28. The van der Waals surface area contributed by atoms with Gasteiger partial charge in [0, 0.05) is 5.56 Å². The lowest BCUT2D eigenvalue weighted by atomic mass is 10.0. The number of carbonyl (C=O) groups is 3. The molecule has 5 nitrogen and oxygen atoms in total. The van der Waals surface area contributed by atoms with Gasteiger partial charge < -0.3 is 9.84 Å². The van der Waals surface area contributed by atoms with Crippen LogP contribution in [0.4, 0.5) is 0 Å². The molecule has 1 aromatic rings. The van der Waals surface area contributed by atoms with Crippen molar-refractivity contribution in [1.82, 2.24) is 0 Å². The number of methoxy groups -OCH3 is 1. The third kappa shape index (κ3) is 2.19. The largest absolute Gasteiger partial charge is 0.478 e. The molecule has 5 heteroatoms. The Bertz CT molecular complexity index is 422. The summed E-state index contributed by atoms with van der Waals surface area (Å²) in [4.78, 5) is 32.4. The van der Waals surface area contributed by atoms with E-state index in [0.717, 1.165) is 13.2 Å². The van der Waals surface area contributed by atoms with Gasteiger partial charge in [-0.3, -0.25) is 4.79 Å². The predicted molar refractivity (Wildman–Crippen MR) is 50.1 cm³/mol. The molecular weight excluding hydrogens is 200 g/mol. The SMILES string of the molecule is COC(=O)c1ccc(C=O)cc1C(=O)O. The molecule has 0 aliphatic carbocycles. The number of carbonyl (C=O) groups excluding carboxylic acids is 2. The first-order chi connectivity index (χ1) is 7.10. The second kappa shape index (κ2) is 4.36. The van der Waals surface area contributed by atoms with Crippen molar-refractivity contribution >= 4 is 18.2 Å². The van der Waals surface area contributed by atoms with Gasteiger partial charge in [0.1, 0.15) is 6.29 Å². The molecule has 0 heterocycles. The molecule has 0 bridgehead atoms. The summed E-state index contributed by atoms with van der Waals surface area (Å²) < 4.78 is 4.41. The van der Waals surface area contributed by atoms with Crippen LogP contribution in [0.15, 0.2) is 18.2 Å². The van der Waals surface area contributed by atoms with Gasteiger partial charge in [-0.1, -0.05) is 6.07 Å². The summed E-state index contributed by atoms with van der Waals surface area (Å²) in [6.07, 6.45) is 0.507. The Labute approximate surface area is 85.3 Å². The van der Waals surface area contributed by atoms with Crippen LogP contribution in [0.5, 0.6) is 0 Å². The molecule has 1 rings (SSSR count). The van der Waals surface area contributed by atoms with Crippen molar-refractivity contribution in [3.8, 4) is 0 Å². The van der Waals surface area contributed by atoms with Crippen LogP contribution in [0.1, 0.15) is 31.1 Å². The van der Waals surface area contributed by atoms with Crippen LogP contribution < -0.4 is 0 Å². The third-order valence-electron chi connectivity index (χ3n) is 1.82. The standard InChI is InChI=1S/C10H8O5/c1-15-10(14)7-3-2-6(5-11)4-8(7)9(12)13/h2-5H,1H3,(H,12,13). The van der Waals surface area contributed by atoms with Crippen molar-refractivity contribution in [3.63, 3.8) is 0 Å². The van der Waals surface area contributed by atoms with Crippen LogP contribution >= 0.6 is 0 Å². The molecule has 0 fully saturated rings. The number of esters is 1. The first-order valence-electron chi connectivity index (χ1n) is 4.01. The Balaban J connectivity index is 3.33. The Morgan fingerprint density at radius 2 is 2.00 bits per heavy atom. The van der Waals surface area contributed by atoms with E-state index in [1.54, 1.807) is 0 Å². The average molecular weight is 208 g/mol. The summed E-state index contributed by atoms with van der Waals surface area (Å²) in [6.45, 7) is 0. The van der Waals surface area contributed by atoms with E-state index in [1.165, 1.54) is 12.1 Å². The van der Waals surface area contributed by atoms with E-state index < -0.39 is 11.9 Å². The second-order valence-electron chi connectivity index (χ2n) is 2.72. The molecule has 0 saturated heterocycles. The van der Waals surface area contributed by atoms with Crippen molar-refractivity contribution in [3.05, 3.63) is 34.9 Å². The highest BCUT2D eigenvalue weighted by atomic mass is 16.5. The van der Waals surface area contributed by atoms with Crippen molar-refractivity contribution in [2.45, 2.75) is 0 Å². The highest BCUT2D eigenvalue weighted by Crippen LogP contribution is 2.12. The van der Waals surface area contributed by atoms with Gasteiger partial charge in [-0.05, 0) is 12.1 Å². The molecule has 0 unspecified atom stereocenters. The lowest BCUT2D eigenvalue weighted by Gasteiger charge is -2.04. The Hall–Kier alpha value is -2.17. The Morgan fingerprint density at radius 3 is 2.47 bits per heavy atom. The second-order valence-corrected chi connectivity index (χ2v) is 2.72. The van der Waals surface area contributed by atoms with Gasteiger partial charge in [-0.15, -0.1) is 0 Å². The Morgan fingerprint density at radius 1 is 1.33 bits per heavy atom. The summed E-state index contributed by atoms with van der Waals surface area (Å²) in [6, 6.07) is 3.73. The third-order valence-corrected chi connectivity index (χ3v) is 1.82. The molecule has 0 aromatic heterocycles. The summed E-state index contributed by atoms with van der Waals surface area (Å²) in [7, 11) is 1.15. The fourth-order valence-corrected chi connectivity index (χ4v) is 1.10. The van der Waals surface area contributed by atoms with Crippen LogP contribution in [0.2, 0.25) is 0 Å². The van der Waals surface area contributed by atoms with Crippen molar-refractivity contribution < 1.29 is 24.2 Å². The van der Waals surface area contributed by atoms with Gasteiger partial charge in [-0.2, -0.15) is 0 Å². The van der Waals surface area contributed by atoms with Crippen LogP contribution in [0.3, 0.4) is 0 Å². The van der Waals surface area contributed by atoms with E-state index >= 15 is 0 Å². The first-order valence-corrected chi connectivity index (χ1v) is 4.01. The van der Waals surface area contributed by atoms with Gasteiger partial charge in [0.15, 0.2) is 0 Å². The minimum Gasteiger partial charge on any atom is -0.478 e. The van der Waals surface area contributed by atoms with E-state index in [0.29, 0.717) is 6.29 Å². The van der Waals surface area contributed by atoms with E-state index in [2.05, 4.69) is 4.74 Å². The van der Waals surface area contributed by atoms with Gasteiger partial charge in [0.2, 0.25) is 0 Å². The van der Waals surface area contributed by atoms with Gasteiger partial charge in [-0.25, -0.2) is 9.59 Å². The first kappa shape index (κ1) is 10.9. The van der Waals surface area contributed by atoms with Crippen LogP contribution in [0.25, 0.3) is 0 Å². The summed E-state index contributed by atoms with van der Waals surface area (Å²) in [5, 5.41) is 8.81. The monoisotopic (exact) mass is 208 g/mol. The summed E-state index contributed by atoms with van der Waals surface area (Å²) in [5.74, 6) is -2.02. The predicted octanol–water partition coefficient (Wildman–Crippen LogP) is 0.984. The maximum absolute atomic E-state index is 11.2. The molecule has 0 aliphatic rings. The molecule has 1 aromatic carbocycles. The quantitative estimate of drug-likeness (QED) is 0.591. The number of benzene rings is 1. The van der Waals surface area contributed by atoms with E-state index in [4.69, 9.17) is 5.11 Å². The maximum atomic E-state index is 11.2. The molecule has 0 aliphatic heterocycles. The molecule has 0 saturated carbocycles. The van der Waals surface area contributed by atoms with Crippen LogP contribution in [-0.2, 0) is 4.74 Å². The molecule has 0 amide bonds. The van der Waals surface area contributed by atoms with E-state index in [9.17, 15) is 14.4 Å². The number of aldehydes is 1. The number of carboxylic acids is 1. The molecule has 0 radical (unpaired) electrons. The molecule has 1 N–H and O–H groups in total. The lowest BCUT2D eigenvalue weighted by molar-refractivity contribution is 0.0582. The zero-order chi connectivity index (χ0) is 11.4. The molecule has 15 heavy (non-hydrogen) atoms. The van der Waals surface area contributed by atoms with Gasteiger partial charge >= 0.3 is 11.9 Å². The highest BCUT2D eigenvalue weighted by molar-refractivity contribution is 6.03. The molecule has 0 atom stereocenters. The summed E-state index contributed by atoms with van der Waals surface area (Å²) in [5.41, 5.74) is -0.123. The van der Waals surface area contributed by atoms with Crippen molar-refractivity contribution in [2.24, 2.45) is 0 Å². The lowest BCUT2D eigenvalue weighted by Crippen LogP contribution is -2.10. The normalized spacial score (nSPS) is 9.40. The van der Waals surface area contributed by atoms with Gasteiger partial charge in [0.25, 0.3) is 0 Å². The Kier molecular flexibility index (Phi) is 3.17. The molecule has 78 valence electrons. The fraction of sp³-hybridized carbons (Fsp3) is 0.100. The van der Waals surface area contributed by atoms with Crippen LogP contribution in [0, 0.1) is 0 Å². The average Bonchev–Trinajstić information content (AvgIpc) is 2.27. The zero-order valence-corrected chi connectivity index (χ0v) is 7.89. The number of hydrogen-bond acceptors (Lipinski definition) is 4. The smallest absolute Gasteiger partial charge is 0.338 e. The maximum Gasteiger partial charge on any atom is 0.338 e. The number of rotatable bonds is 3.